The van der Waals surface area contributed by atoms with Crippen LogP contribution in [-0.4, -0.2) is 45.1 Å². The molecule has 2 heterocycles. The van der Waals surface area contributed by atoms with Crippen LogP contribution >= 0.6 is 0 Å². The second-order valence-electron chi connectivity index (χ2n) is 7.81. The van der Waals surface area contributed by atoms with Gasteiger partial charge in [-0.1, -0.05) is 17.3 Å². The van der Waals surface area contributed by atoms with Crippen LogP contribution in [0, 0.1) is 5.82 Å². The summed E-state index contributed by atoms with van der Waals surface area (Å²) in [5, 5.41) is 5.85. The highest BCUT2D eigenvalue weighted by atomic mass is 32.2. The number of hydrogen-bond donors (Lipinski definition) is 2. The molecule has 0 unspecified atom stereocenters. The van der Waals surface area contributed by atoms with Gasteiger partial charge >= 0.3 is 12.4 Å². The van der Waals surface area contributed by atoms with Crippen molar-refractivity contribution < 1.29 is 44.8 Å². The summed E-state index contributed by atoms with van der Waals surface area (Å²) in [5.74, 6) is -1.69. The number of alkyl halides is 3. The number of hydrogen-bond acceptors (Lipinski definition) is 8. The summed E-state index contributed by atoms with van der Waals surface area (Å²) in [5.41, 5.74) is -0.226. The van der Waals surface area contributed by atoms with E-state index in [1.165, 1.54) is 50.8 Å². The third kappa shape index (κ3) is 6.23. The molecule has 4 rings (SSSR count). The number of carbonyl (C=O) groups is 1. The SMILES string of the molecule is CNC(=O)N(c1ccc(S(=O)(=O)Nc2ccon2)cn1)c1cc(F)c(-c2cccc(OC(F)(F)F)c2)cc1OC. The number of nitrogens with zero attached hydrogens (tertiary/aromatic N) is 3. The molecular weight excluding hydrogens is 562 g/mol. The molecule has 0 fully saturated rings. The second kappa shape index (κ2) is 11.1. The average molecular weight is 582 g/mol. The molecule has 2 N–H and O–H groups in total. The van der Waals surface area contributed by atoms with Crippen LogP contribution < -0.4 is 24.4 Å². The van der Waals surface area contributed by atoms with E-state index in [4.69, 9.17) is 4.74 Å². The highest BCUT2D eigenvalue weighted by molar-refractivity contribution is 7.92. The van der Waals surface area contributed by atoms with E-state index in [0.717, 1.165) is 35.4 Å². The van der Waals surface area contributed by atoms with Gasteiger partial charge in [-0.2, -0.15) is 0 Å². The fourth-order valence-electron chi connectivity index (χ4n) is 3.54. The number of pyridine rings is 1. The molecule has 0 bridgehead atoms. The van der Waals surface area contributed by atoms with Gasteiger partial charge in [-0.15, -0.1) is 13.2 Å². The topological polar surface area (TPSA) is 136 Å². The van der Waals surface area contributed by atoms with Crippen molar-refractivity contribution in [3.05, 3.63) is 72.9 Å². The van der Waals surface area contributed by atoms with Crippen molar-refractivity contribution in [2.75, 3.05) is 23.8 Å². The Labute approximate surface area is 224 Å². The van der Waals surface area contributed by atoms with Crippen molar-refractivity contribution in [1.82, 2.24) is 15.5 Å². The molecule has 0 aliphatic carbocycles. The Kier molecular flexibility index (Phi) is 7.81. The van der Waals surface area contributed by atoms with Crippen LogP contribution in [-0.2, 0) is 10.0 Å². The highest BCUT2D eigenvalue weighted by Crippen LogP contribution is 2.39. The van der Waals surface area contributed by atoms with Gasteiger partial charge in [-0.3, -0.25) is 4.72 Å². The third-order valence-corrected chi connectivity index (χ3v) is 6.58. The molecule has 2 amide bonds. The number of methoxy groups -OCH3 is 1. The van der Waals surface area contributed by atoms with Crippen LogP contribution in [0.25, 0.3) is 11.1 Å². The van der Waals surface area contributed by atoms with E-state index >= 15 is 4.39 Å². The molecule has 0 aliphatic heterocycles. The molecule has 4 aromatic rings. The van der Waals surface area contributed by atoms with Gasteiger partial charge in [0, 0.05) is 30.9 Å². The quantitative estimate of drug-likeness (QED) is 0.276. The van der Waals surface area contributed by atoms with Gasteiger partial charge in [-0.25, -0.2) is 27.5 Å². The fourth-order valence-corrected chi connectivity index (χ4v) is 4.47. The smallest absolute Gasteiger partial charge is 0.495 e. The second-order valence-corrected chi connectivity index (χ2v) is 9.49. The first-order valence-electron chi connectivity index (χ1n) is 11.1. The Balaban J connectivity index is 1.72. The van der Waals surface area contributed by atoms with E-state index in [0.29, 0.717) is 0 Å². The van der Waals surface area contributed by atoms with E-state index in [9.17, 15) is 26.4 Å². The number of urea groups is 1. The molecule has 0 atom stereocenters. The number of nitrogens with one attached hydrogen (secondary N) is 2. The molecule has 2 aromatic heterocycles. The summed E-state index contributed by atoms with van der Waals surface area (Å²) in [6.45, 7) is 0. The van der Waals surface area contributed by atoms with Crippen LogP contribution in [0.1, 0.15) is 0 Å². The normalized spacial score (nSPS) is 11.6. The van der Waals surface area contributed by atoms with E-state index in [1.807, 2.05) is 0 Å². The van der Waals surface area contributed by atoms with Gasteiger partial charge in [-0.05, 0) is 35.9 Å². The lowest BCUT2D eigenvalue weighted by Crippen LogP contribution is -2.35. The highest BCUT2D eigenvalue weighted by Gasteiger charge is 2.31. The van der Waals surface area contributed by atoms with Crippen molar-refractivity contribution in [2.45, 2.75) is 11.3 Å². The van der Waals surface area contributed by atoms with Crippen molar-refractivity contribution in [1.29, 1.82) is 0 Å². The summed E-state index contributed by atoms with van der Waals surface area (Å²) < 4.78 is 94.6. The molecule has 11 nitrogen and oxygen atoms in total. The fraction of sp³-hybridized carbons (Fsp3) is 0.125. The van der Waals surface area contributed by atoms with Gasteiger partial charge in [0.15, 0.2) is 5.82 Å². The predicted molar refractivity (Wildman–Crippen MR) is 133 cm³/mol. The number of anilines is 3. The van der Waals surface area contributed by atoms with Gasteiger partial charge in [0.05, 0.1) is 12.8 Å². The van der Waals surface area contributed by atoms with E-state index < -0.39 is 34.0 Å². The molecule has 40 heavy (non-hydrogen) atoms. The van der Waals surface area contributed by atoms with Gasteiger partial charge in [0.1, 0.15) is 34.3 Å². The van der Waals surface area contributed by atoms with Gasteiger partial charge in [0.25, 0.3) is 10.0 Å². The lowest BCUT2D eigenvalue weighted by molar-refractivity contribution is -0.274. The van der Waals surface area contributed by atoms with Crippen LogP contribution in [0.3, 0.4) is 0 Å². The largest absolute Gasteiger partial charge is 0.573 e. The van der Waals surface area contributed by atoms with Crippen molar-refractivity contribution in [3.63, 3.8) is 0 Å². The Morgan fingerprint density at radius 3 is 2.48 bits per heavy atom. The minimum Gasteiger partial charge on any atom is -0.495 e. The zero-order valence-electron chi connectivity index (χ0n) is 20.6. The van der Waals surface area contributed by atoms with Crippen molar-refractivity contribution in [3.8, 4) is 22.6 Å². The van der Waals surface area contributed by atoms with Crippen LogP contribution in [0.2, 0.25) is 0 Å². The Morgan fingerprint density at radius 1 is 1.10 bits per heavy atom. The average Bonchev–Trinajstić information content (AvgIpc) is 3.40. The molecular formula is C24H19F4N5O6S. The number of benzene rings is 2. The first-order chi connectivity index (χ1) is 18.9. The first-order valence-corrected chi connectivity index (χ1v) is 12.5. The van der Waals surface area contributed by atoms with E-state index in [-0.39, 0.29) is 39.1 Å². The molecule has 0 spiro atoms. The Morgan fingerprint density at radius 2 is 1.88 bits per heavy atom. The van der Waals surface area contributed by atoms with Crippen LogP contribution in [0.15, 0.2) is 76.5 Å². The number of rotatable bonds is 8. The maximum atomic E-state index is 15.4. The summed E-state index contributed by atoms with van der Waals surface area (Å²) >= 11 is 0. The molecule has 0 saturated carbocycles. The van der Waals surface area contributed by atoms with Crippen LogP contribution in [0.4, 0.5) is 39.7 Å². The number of sulfonamides is 1. The first kappa shape index (κ1) is 28.2. The standard InChI is InChI=1S/C24H19F4N5O6S/c1-29-23(34)33(22-7-6-16(13-30-22)40(35,36)32-21-8-9-38-31-21)19-12-18(25)17(11-20(19)37-2)14-4-3-5-15(10-14)39-24(26,27)28/h3-13H,1-2H3,(H,29,34)(H,31,32). The molecule has 0 radical (unpaired) electrons. The monoisotopic (exact) mass is 581 g/mol. The Bertz CT molecular complexity index is 1610. The minimum atomic E-state index is -4.94. The lowest BCUT2D eigenvalue weighted by atomic mass is 10.0. The zero-order valence-corrected chi connectivity index (χ0v) is 21.4. The molecule has 0 saturated heterocycles. The van der Waals surface area contributed by atoms with Crippen LogP contribution in [0.5, 0.6) is 11.5 Å². The summed E-state index contributed by atoms with van der Waals surface area (Å²) in [6, 6.07) is 9.66. The van der Waals surface area contributed by atoms with E-state index in [1.54, 1.807) is 0 Å². The zero-order chi connectivity index (χ0) is 29.1. The van der Waals surface area contributed by atoms with Crippen molar-refractivity contribution >= 4 is 33.4 Å². The minimum absolute atomic E-state index is 0.0443. The predicted octanol–water partition coefficient (Wildman–Crippen LogP) is 5.06. The summed E-state index contributed by atoms with van der Waals surface area (Å²) in [4.78, 5) is 17.5. The van der Waals surface area contributed by atoms with E-state index in [2.05, 4.69) is 29.4 Å². The van der Waals surface area contributed by atoms with Crippen molar-refractivity contribution in [2.24, 2.45) is 0 Å². The molecule has 0 aliphatic rings. The van der Waals surface area contributed by atoms with Gasteiger partial charge < -0.3 is 19.3 Å². The number of carbonyl (C=O) groups excluding carboxylic acids is 1. The number of halogens is 4. The number of amides is 2. The lowest BCUT2D eigenvalue weighted by Gasteiger charge is -2.24. The molecule has 210 valence electrons. The Hall–Kier alpha value is -4.86. The molecule has 16 heteroatoms. The van der Waals surface area contributed by atoms with Gasteiger partial charge in [0.2, 0.25) is 0 Å². The maximum absolute atomic E-state index is 15.4. The molecule has 2 aromatic carbocycles. The maximum Gasteiger partial charge on any atom is 0.573 e. The number of ether oxygens (including phenoxy) is 2. The number of aromatic nitrogens is 2. The summed E-state index contributed by atoms with van der Waals surface area (Å²) in [6.07, 6.45) is -2.80. The summed E-state index contributed by atoms with van der Waals surface area (Å²) in [7, 11) is -1.56. The third-order valence-electron chi connectivity index (χ3n) is 5.24.